The van der Waals surface area contributed by atoms with E-state index in [1.165, 1.54) is 29.1 Å². The van der Waals surface area contributed by atoms with Crippen molar-refractivity contribution in [2.45, 2.75) is 13.5 Å². The number of ether oxygens (including phenoxy) is 1. The number of halogens is 1. The van der Waals surface area contributed by atoms with Crippen LogP contribution < -0.4 is 10.3 Å². The Morgan fingerprint density at radius 2 is 2.05 bits per heavy atom. The molecule has 0 aliphatic carbocycles. The van der Waals surface area contributed by atoms with E-state index in [9.17, 15) is 9.18 Å². The van der Waals surface area contributed by atoms with Crippen molar-refractivity contribution in [1.82, 2.24) is 9.55 Å². The highest BCUT2D eigenvalue weighted by Gasteiger charge is 2.09. The second-order valence-electron chi connectivity index (χ2n) is 5.15. The maximum Gasteiger partial charge on any atom is 0.261 e. The van der Waals surface area contributed by atoms with Crippen LogP contribution in [-0.2, 0) is 6.54 Å². The van der Waals surface area contributed by atoms with Crippen molar-refractivity contribution in [3.05, 3.63) is 70.0 Å². The molecular weight excluding hydrogens is 283 g/mol. The summed E-state index contributed by atoms with van der Waals surface area (Å²) in [7, 11) is 1.60. The lowest BCUT2D eigenvalue weighted by atomic mass is 10.1. The zero-order valence-electron chi connectivity index (χ0n) is 12.3. The maximum absolute atomic E-state index is 13.2. The quantitative estimate of drug-likeness (QED) is 0.747. The fourth-order valence-corrected chi connectivity index (χ4v) is 2.46. The smallest absolute Gasteiger partial charge is 0.261 e. The molecule has 0 unspecified atom stereocenters. The standard InChI is InChI=1S/C17H15FN2O2/c1-11-3-6-16(22-2)12(7-11)9-20-10-19-15-8-13(18)4-5-14(15)17(20)21/h3-8,10H,9H2,1-2H3. The van der Waals surface area contributed by atoms with Crippen molar-refractivity contribution >= 4 is 10.9 Å². The average Bonchev–Trinajstić information content (AvgIpc) is 2.50. The van der Waals surface area contributed by atoms with E-state index in [2.05, 4.69) is 4.98 Å². The lowest BCUT2D eigenvalue weighted by Crippen LogP contribution is -2.21. The monoisotopic (exact) mass is 298 g/mol. The SMILES string of the molecule is COc1ccc(C)cc1Cn1cnc2cc(F)ccc2c1=O. The maximum atomic E-state index is 13.2. The zero-order valence-corrected chi connectivity index (χ0v) is 12.3. The predicted octanol–water partition coefficient (Wildman–Crippen LogP) is 2.90. The lowest BCUT2D eigenvalue weighted by molar-refractivity contribution is 0.408. The first-order valence-corrected chi connectivity index (χ1v) is 6.86. The van der Waals surface area contributed by atoms with Gasteiger partial charge >= 0.3 is 0 Å². The van der Waals surface area contributed by atoms with Crippen LogP contribution in [0.4, 0.5) is 4.39 Å². The van der Waals surface area contributed by atoms with Gasteiger partial charge in [0.2, 0.25) is 0 Å². The van der Waals surface area contributed by atoms with E-state index in [0.717, 1.165) is 16.9 Å². The number of aryl methyl sites for hydroxylation is 1. The molecule has 2 aromatic carbocycles. The summed E-state index contributed by atoms with van der Waals surface area (Å²) in [6, 6.07) is 9.79. The molecule has 0 saturated heterocycles. The first-order valence-electron chi connectivity index (χ1n) is 6.86. The van der Waals surface area contributed by atoms with Gasteiger partial charge in [0.25, 0.3) is 5.56 Å². The largest absolute Gasteiger partial charge is 0.496 e. The molecule has 5 heteroatoms. The average molecular weight is 298 g/mol. The number of aromatic nitrogens is 2. The second kappa shape index (κ2) is 5.60. The Labute approximate surface area is 126 Å². The van der Waals surface area contributed by atoms with Gasteiger partial charge in [0.05, 0.1) is 30.9 Å². The third-order valence-electron chi connectivity index (χ3n) is 3.56. The van der Waals surface area contributed by atoms with Gasteiger partial charge in [-0.1, -0.05) is 17.7 Å². The number of rotatable bonds is 3. The summed E-state index contributed by atoms with van der Waals surface area (Å²) < 4.78 is 20.0. The Bertz CT molecular complexity index is 903. The van der Waals surface area contributed by atoms with Gasteiger partial charge in [-0.2, -0.15) is 0 Å². The van der Waals surface area contributed by atoms with Crippen molar-refractivity contribution < 1.29 is 9.13 Å². The Morgan fingerprint density at radius 1 is 1.23 bits per heavy atom. The van der Waals surface area contributed by atoms with E-state index < -0.39 is 5.82 Å². The van der Waals surface area contributed by atoms with Crippen LogP contribution in [0.5, 0.6) is 5.75 Å². The Morgan fingerprint density at radius 3 is 2.82 bits per heavy atom. The molecule has 3 rings (SSSR count). The van der Waals surface area contributed by atoms with Crippen molar-refractivity contribution in [3.63, 3.8) is 0 Å². The first-order chi connectivity index (χ1) is 10.6. The minimum Gasteiger partial charge on any atom is -0.496 e. The van der Waals surface area contributed by atoms with E-state index >= 15 is 0 Å². The van der Waals surface area contributed by atoms with Gasteiger partial charge in [-0.3, -0.25) is 9.36 Å². The molecule has 3 aromatic rings. The third-order valence-corrected chi connectivity index (χ3v) is 3.56. The molecule has 0 spiro atoms. The van der Waals surface area contributed by atoms with Gasteiger partial charge in [-0.15, -0.1) is 0 Å². The summed E-state index contributed by atoms with van der Waals surface area (Å²) in [5.74, 6) is 0.314. The number of benzene rings is 2. The van der Waals surface area contributed by atoms with Gasteiger partial charge < -0.3 is 4.74 Å². The Kier molecular flexibility index (Phi) is 3.63. The van der Waals surface area contributed by atoms with Crippen LogP contribution in [0.1, 0.15) is 11.1 Å². The normalized spacial score (nSPS) is 10.9. The number of hydrogen-bond donors (Lipinski definition) is 0. The highest BCUT2D eigenvalue weighted by Crippen LogP contribution is 2.20. The summed E-state index contributed by atoms with van der Waals surface area (Å²) >= 11 is 0. The summed E-state index contributed by atoms with van der Waals surface area (Å²) in [6.07, 6.45) is 1.44. The number of nitrogens with zero attached hydrogens (tertiary/aromatic N) is 2. The van der Waals surface area contributed by atoms with E-state index in [0.29, 0.717) is 17.4 Å². The van der Waals surface area contributed by atoms with Crippen molar-refractivity contribution in [2.24, 2.45) is 0 Å². The highest BCUT2D eigenvalue weighted by atomic mass is 19.1. The van der Waals surface area contributed by atoms with Crippen LogP contribution >= 0.6 is 0 Å². The second-order valence-corrected chi connectivity index (χ2v) is 5.15. The predicted molar refractivity (Wildman–Crippen MR) is 82.8 cm³/mol. The molecule has 0 N–H and O–H groups in total. The van der Waals surface area contributed by atoms with E-state index in [1.807, 2.05) is 25.1 Å². The van der Waals surface area contributed by atoms with Crippen molar-refractivity contribution in [3.8, 4) is 5.75 Å². The number of methoxy groups -OCH3 is 1. The van der Waals surface area contributed by atoms with Gasteiger partial charge in [0.15, 0.2) is 0 Å². The molecule has 0 aliphatic rings. The number of fused-ring (bicyclic) bond motifs is 1. The van der Waals surface area contributed by atoms with E-state index in [1.54, 1.807) is 7.11 Å². The van der Waals surface area contributed by atoms with Crippen LogP contribution in [0.3, 0.4) is 0 Å². The fourth-order valence-electron chi connectivity index (χ4n) is 2.46. The molecule has 4 nitrogen and oxygen atoms in total. The molecule has 0 aliphatic heterocycles. The van der Waals surface area contributed by atoms with Crippen molar-refractivity contribution in [2.75, 3.05) is 7.11 Å². The number of hydrogen-bond acceptors (Lipinski definition) is 3. The molecule has 0 radical (unpaired) electrons. The van der Waals surface area contributed by atoms with Crippen LogP contribution in [0.15, 0.2) is 47.5 Å². The first kappa shape index (κ1) is 14.3. The Balaban J connectivity index is 2.08. The molecule has 112 valence electrons. The molecule has 22 heavy (non-hydrogen) atoms. The summed E-state index contributed by atoms with van der Waals surface area (Å²) in [4.78, 5) is 16.6. The molecular formula is C17H15FN2O2. The van der Waals surface area contributed by atoms with E-state index in [4.69, 9.17) is 4.74 Å². The summed E-state index contributed by atoms with van der Waals surface area (Å²) in [5, 5.41) is 0.399. The molecule has 1 aromatic heterocycles. The zero-order chi connectivity index (χ0) is 15.7. The molecule has 0 amide bonds. The van der Waals surface area contributed by atoms with Crippen molar-refractivity contribution in [1.29, 1.82) is 0 Å². The molecule has 0 atom stereocenters. The minimum absolute atomic E-state index is 0.200. The van der Waals surface area contributed by atoms with Crippen LogP contribution in [0.25, 0.3) is 10.9 Å². The van der Waals surface area contributed by atoms with Gasteiger partial charge in [-0.25, -0.2) is 9.37 Å². The third kappa shape index (κ3) is 2.57. The Hall–Kier alpha value is -2.69. The highest BCUT2D eigenvalue weighted by molar-refractivity contribution is 5.77. The lowest BCUT2D eigenvalue weighted by Gasteiger charge is -2.11. The summed E-state index contributed by atoms with van der Waals surface area (Å²) in [5.41, 5.74) is 2.14. The van der Waals surface area contributed by atoms with Gasteiger partial charge in [-0.05, 0) is 25.1 Å². The van der Waals surface area contributed by atoms with Crippen LogP contribution in [-0.4, -0.2) is 16.7 Å². The van der Waals surface area contributed by atoms with E-state index in [-0.39, 0.29) is 5.56 Å². The molecule has 0 saturated carbocycles. The molecule has 0 fully saturated rings. The molecule has 0 bridgehead atoms. The van der Waals surface area contributed by atoms with Gasteiger partial charge in [0, 0.05) is 11.6 Å². The van der Waals surface area contributed by atoms with Crippen LogP contribution in [0.2, 0.25) is 0 Å². The topological polar surface area (TPSA) is 44.1 Å². The fraction of sp³-hybridized carbons (Fsp3) is 0.176. The molecule has 1 heterocycles. The van der Waals surface area contributed by atoms with Gasteiger partial charge in [0.1, 0.15) is 11.6 Å². The summed E-state index contributed by atoms with van der Waals surface area (Å²) in [6.45, 7) is 2.33. The minimum atomic E-state index is -0.405. The van der Waals surface area contributed by atoms with Crippen LogP contribution in [0, 0.1) is 12.7 Å².